The third-order valence-electron chi connectivity index (χ3n) is 3.36. The number of hydrogen-bond acceptors (Lipinski definition) is 2. The van der Waals surface area contributed by atoms with Crippen molar-refractivity contribution in [3.63, 3.8) is 0 Å². The zero-order valence-corrected chi connectivity index (χ0v) is 10.7. The minimum absolute atomic E-state index is 0.00666. The summed E-state index contributed by atoms with van der Waals surface area (Å²) in [6.07, 6.45) is 1.12. The average Bonchev–Trinajstić information content (AvgIpc) is 2.60. The number of amides is 1. The average molecular weight is 275 g/mol. The molecule has 0 aliphatic heterocycles. The van der Waals surface area contributed by atoms with Gasteiger partial charge in [0.15, 0.2) is 0 Å². The maximum absolute atomic E-state index is 12.4. The second-order valence-electron chi connectivity index (χ2n) is 4.91. The molecule has 0 bridgehead atoms. The normalized spacial score (nSPS) is 16.2. The van der Waals surface area contributed by atoms with E-state index in [2.05, 4.69) is 4.98 Å². The molecular formula is C12H16F3N3O. The highest BCUT2D eigenvalue weighted by Gasteiger charge is 2.30. The van der Waals surface area contributed by atoms with Crippen molar-refractivity contribution in [2.24, 2.45) is 5.92 Å². The highest BCUT2D eigenvalue weighted by Crippen LogP contribution is 2.28. The van der Waals surface area contributed by atoms with Gasteiger partial charge in [0, 0.05) is 25.4 Å². The van der Waals surface area contributed by atoms with Crippen LogP contribution in [0.3, 0.4) is 0 Å². The lowest BCUT2D eigenvalue weighted by Gasteiger charge is -2.29. The van der Waals surface area contributed by atoms with Gasteiger partial charge in [0.25, 0.3) is 0 Å². The van der Waals surface area contributed by atoms with Gasteiger partial charge in [-0.15, -0.1) is 0 Å². The molecule has 1 aliphatic rings. The van der Waals surface area contributed by atoms with Gasteiger partial charge in [0.05, 0.1) is 6.54 Å². The molecular weight excluding hydrogens is 259 g/mol. The van der Waals surface area contributed by atoms with Crippen LogP contribution in [0.5, 0.6) is 0 Å². The summed E-state index contributed by atoms with van der Waals surface area (Å²) in [5.41, 5.74) is 0. The summed E-state index contributed by atoms with van der Waals surface area (Å²) in [6.45, 7) is -0.966. The summed E-state index contributed by atoms with van der Waals surface area (Å²) in [6, 6.07) is 0. The summed E-state index contributed by atoms with van der Waals surface area (Å²) < 4.78 is 38.1. The molecule has 7 heteroatoms. The SMILES string of the molecule is CN(Cc1nccn1CC(F)(F)F)C(=O)C1CCC1. The molecule has 1 aliphatic carbocycles. The first-order valence-corrected chi connectivity index (χ1v) is 6.18. The predicted octanol–water partition coefficient (Wildman–Crippen LogP) is 2.20. The van der Waals surface area contributed by atoms with Gasteiger partial charge < -0.3 is 9.47 Å². The smallest absolute Gasteiger partial charge is 0.338 e. The molecule has 0 atom stereocenters. The number of alkyl halides is 3. The zero-order chi connectivity index (χ0) is 14.0. The molecule has 0 saturated heterocycles. The molecule has 0 unspecified atom stereocenters. The lowest BCUT2D eigenvalue weighted by Crippen LogP contribution is -2.36. The Labute approximate surface area is 109 Å². The van der Waals surface area contributed by atoms with Crippen molar-refractivity contribution in [3.8, 4) is 0 Å². The predicted molar refractivity (Wildman–Crippen MR) is 62.1 cm³/mol. The molecule has 0 radical (unpaired) electrons. The molecule has 1 fully saturated rings. The van der Waals surface area contributed by atoms with Gasteiger partial charge in [-0.1, -0.05) is 6.42 Å². The molecule has 106 valence electrons. The third-order valence-corrected chi connectivity index (χ3v) is 3.36. The van der Waals surface area contributed by atoms with E-state index >= 15 is 0 Å². The lowest BCUT2D eigenvalue weighted by atomic mass is 9.84. The van der Waals surface area contributed by atoms with Crippen LogP contribution in [0.1, 0.15) is 25.1 Å². The van der Waals surface area contributed by atoms with Crippen LogP contribution in [0.25, 0.3) is 0 Å². The van der Waals surface area contributed by atoms with Crippen LogP contribution in [-0.4, -0.2) is 33.6 Å². The van der Waals surface area contributed by atoms with Crippen LogP contribution in [0.4, 0.5) is 13.2 Å². The van der Waals surface area contributed by atoms with Gasteiger partial charge >= 0.3 is 6.18 Å². The van der Waals surface area contributed by atoms with Crippen molar-refractivity contribution in [1.82, 2.24) is 14.5 Å². The molecule has 2 rings (SSSR count). The van der Waals surface area contributed by atoms with Crippen molar-refractivity contribution < 1.29 is 18.0 Å². The number of halogens is 3. The Morgan fingerprint density at radius 1 is 1.53 bits per heavy atom. The summed E-state index contributed by atoms with van der Waals surface area (Å²) in [5.74, 6) is 0.288. The summed E-state index contributed by atoms with van der Waals surface area (Å²) in [4.78, 5) is 17.3. The van der Waals surface area contributed by atoms with E-state index in [1.807, 2.05) is 0 Å². The minimum Gasteiger partial charge on any atom is -0.338 e. The molecule has 19 heavy (non-hydrogen) atoms. The van der Waals surface area contributed by atoms with Crippen molar-refractivity contribution in [1.29, 1.82) is 0 Å². The Kier molecular flexibility index (Phi) is 3.82. The Morgan fingerprint density at radius 3 is 2.74 bits per heavy atom. The number of imidazole rings is 1. The van der Waals surface area contributed by atoms with Gasteiger partial charge in [0.2, 0.25) is 5.91 Å². The molecule has 1 amide bonds. The minimum atomic E-state index is -4.29. The highest BCUT2D eigenvalue weighted by molar-refractivity contribution is 5.79. The Bertz CT molecular complexity index is 451. The van der Waals surface area contributed by atoms with Gasteiger partial charge in [0.1, 0.15) is 12.4 Å². The second-order valence-corrected chi connectivity index (χ2v) is 4.91. The first-order chi connectivity index (χ1) is 8.87. The highest BCUT2D eigenvalue weighted by atomic mass is 19.4. The van der Waals surface area contributed by atoms with Crippen LogP contribution in [0.15, 0.2) is 12.4 Å². The Morgan fingerprint density at radius 2 is 2.21 bits per heavy atom. The number of carbonyl (C=O) groups is 1. The number of carbonyl (C=O) groups excluding carboxylic acids is 1. The zero-order valence-electron chi connectivity index (χ0n) is 10.7. The number of aromatic nitrogens is 2. The van der Waals surface area contributed by atoms with E-state index in [1.165, 1.54) is 17.3 Å². The topological polar surface area (TPSA) is 38.1 Å². The molecule has 4 nitrogen and oxygen atoms in total. The lowest BCUT2D eigenvalue weighted by molar-refractivity contribution is -0.141. The van der Waals surface area contributed by atoms with E-state index in [4.69, 9.17) is 0 Å². The second kappa shape index (κ2) is 5.22. The first-order valence-electron chi connectivity index (χ1n) is 6.18. The first kappa shape index (κ1) is 13.9. The largest absolute Gasteiger partial charge is 0.406 e. The third kappa shape index (κ3) is 3.48. The van der Waals surface area contributed by atoms with Crippen LogP contribution in [0.2, 0.25) is 0 Å². The molecule has 1 heterocycles. The van der Waals surface area contributed by atoms with Crippen LogP contribution in [0, 0.1) is 5.92 Å². The van der Waals surface area contributed by atoms with Crippen LogP contribution < -0.4 is 0 Å². The van der Waals surface area contributed by atoms with Gasteiger partial charge in [-0.3, -0.25) is 4.79 Å². The quantitative estimate of drug-likeness (QED) is 0.845. The summed E-state index contributed by atoms with van der Waals surface area (Å²) in [5, 5.41) is 0. The number of hydrogen-bond donors (Lipinski definition) is 0. The fourth-order valence-corrected chi connectivity index (χ4v) is 2.09. The van der Waals surface area contributed by atoms with Crippen LogP contribution >= 0.6 is 0 Å². The standard InChI is InChI=1S/C12H16F3N3O/c1-17(11(19)9-3-2-4-9)7-10-16-5-6-18(10)8-12(13,14)15/h5-6,9H,2-4,7-8H2,1H3. The Balaban J connectivity index is 1.98. The monoisotopic (exact) mass is 275 g/mol. The van der Waals surface area contributed by atoms with E-state index < -0.39 is 12.7 Å². The molecule has 1 aromatic heterocycles. The van der Waals surface area contributed by atoms with Crippen LogP contribution in [-0.2, 0) is 17.9 Å². The van der Waals surface area contributed by atoms with Gasteiger partial charge in [-0.2, -0.15) is 13.2 Å². The van der Waals surface area contributed by atoms with Gasteiger partial charge in [-0.25, -0.2) is 4.98 Å². The van der Waals surface area contributed by atoms with E-state index in [0.717, 1.165) is 23.8 Å². The van der Waals surface area contributed by atoms with Crippen molar-refractivity contribution in [3.05, 3.63) is 18.2 Å². The number of nitrogens with zero attached hydrogens (tertiary/aromatic N) is 3. The Hall–Kier alpha value is -1.53. The number of rotatable bonds is 4. The van der Waals surface area contributed by atoms with Crippen molar-refractivity contribution >= 4 is 5.91 Å². The molecule has 0 aromatic carbocycles. The fraction of sp³-hybridized carbons (Fsp3) is 0.667. The summed E-state index contributed by atoms with van der Waals surface area (Å²) in [7, 11) is 1.60. The molecule has 1 saturated carbocycles. The maximum Gasteiger partial charge on any atom is 0.406 e. The summed E-state index contributed by atoms with van der Waals surface area (Å²) >= 11 is 0. The molecule has 1 aromatic rings. The van der Waals surface area contributed by atoms with E-state index in [0.29, 0.717) is 0 Å². The van der Waals surface area contributed by atoms with Crippen molar-refractivity contribution in [2.75, 3.05) is 7.05 Å². The maximum atomic E-state index is 12.4. The molecule has 0 spiro atoms. The fourth-order valence-electron chi connectivity index (χ4n) is 2.09. The van der Waals surface area contributed by atoms with Gasteiger partial charge in [-0.05, 0) is 12.8 Å². The van der Waals surface area contributed by atoms with E-state index in [-0.39, 0.29) is 24.2 Å². The van der Waals surface area contributed by atoms with E-state index in [9.17, 15) is 18.0 Å². The van der Waals surface area contributed by atoms with E-state index in [1.54, 1.807) is 7.05 Å². The van der Waals surface area contributed by atoms with Crippen molar-refractivity contribution in [2.45, 2.75) is 38.5 Å². The molecule has 0 N–H and O–H groups in total.